The molecule has 0 radical (unpaired) electrons. The fourth-order valence-electron chi connectivity index (χ4n) is 2.52. The first-order valence-corrected chi connectivity index (χ1v) is 6.89. The minimum absolute atomic E-state index is 0.0756. The number of fused-ring (bicyclic) bond motifs is 1. The Morgan fingerprint density at radius 2 is 2.15 bits per heavy atom. The van der Waals surface area contributed by atoms with Gasteiger partial charge in [-0.25, -0.2) is 4.98 Å². The number of hydrogen-bond donors (Lipinski definition) is 1. The lowest BCUT2D eigenvalue weighted by Gasteiger charge is -2.18. The van der Waals surface area contributed by atoms with Crippen LogP contribution in [0.5, 0.6) is 0 Å². The van der Waals surface area contributed by atoms with Crippen molar-refractivity contribution in [3.8, 4) is 0 Å². The second-order valence-electron chi connectivity index (χ2n) is 4.79. The smallest absolute Gasteiger partial charge is 0.252 e. The van der Waals surface area contributed by atoms with Gasteiger partial charge in [0, 0.05) is 25.0 Å². The molecular formula is C16H17N3O. The van der Waals surface area contributed by atoms with Crippen molar-refractivity contribution in [2.24, 2.45) is 0 Å². The standard InChI is InChI=1S/C16H17N3O/c1-2-17-16(20)13-7-8-15(18-11-13)19-10-9-12-5-3-4-6-14(12)19/h3-8,11H,2,9-10H2,1H3,(H,17,20). The number of anilines is 2. The summed E-state index contributed by atoms with van der Waals surface area (Å²) in [4.78, 5) is 18.3. The van der Waals surface area contributed by atoms with Crippen molar-refractivity contribution < 1.29 is 4.79 Å². The second-order valence-corrected chi connectivity index (χ2v) is 4.79. The van der Waals surface area contributed by atoms with Crippen molar-refractivity contribution in [3.05, 3.63) is 53.7 Å². The fourth-order valence-corrected chi connectivity index (χ4v) is 2.52. The number of nitrogens with zero attached hydrogens (tertiary/aromatic N) is 2. The Bertz CT molecular complexity index is 622. The van der Waals surface area contributed by atoms with E-state index >= 15 is 0 Å². The molecule has 0 saturated carbocycles. The number of carbonyl (C=O) groups is 1. The van der Waals surface area contributed by atoms with Crippen molar-refractivity contribution in [1.82, 2.24) is 10.3 Å². The highest BCUT2D eigenvalue weighted by Crippen LogP contribution is 2.32. The maximum atomic E-state index is 11.7. The van der Waals surface area contributed by atoms with Gasteiger partial charge in [0.15, 0.2) is 0 Å². The normalized spacial score (nSPS) is 13.2. The SMILES string of the molecule is CCNC(=O)c1ccc(N2CCc3ccccc32)nc1. The molecule has 4 heteroatoms. The molecule has 2 heterocycles. The van der Waals surface area contributed by atoms with Crippen molar-refractivity contribution in [1.29, 1.82) is 0 Å². The summed E-state index contributed by atoms with van der Waals surface area (Å²) in [5, 5.41) is 2.77. The van der Waals surface area contributed by atoms with Crippen molar-refractivity contribution in [2.75, 3.05) is 18.0 Å². The molecular weight excluding hydrogens is 250 g/mol. The largest absolute Gasteiger partial charge is 0.352 e. The van der Waals surface area contributed by atoms with Gasteiger partial charge in [-0.2, -0.15) is 0 Å². The monoisotopic (exact) mass is 267 g/mol. The first-order chi connectivity index (χ1) is 9.79. The molecule has 1 aliphatic rings. The van der Waals surface area contributed by atoms with Crippen molar-refractivity contribution >= 4 is 17.4 Å². The molecule has 0 spiro atoms. The molecule has 4 nitrogen and oxygen atoms in total. The van der Waals surface area contributed by atoms with Gasteiger partial charge in [-0.1, -0.05) is 18.2 Å². The van der Waals surface area contributed by atoms with Crippen LogP contribution in [-0.4, -0.2) is 24.0 Å². The van der Waals surface area contributed by atoms with Gasteiger partial charge >= 0.3 is 0 Å². The molecule has 2 aromatic rings. The second kappa shape index (κ2) is 5.33. The summed E-state index contributed by atoms with van der Waals surface area (Å²) < 4.78 is 0. The van der Waals surface area contributed by atoms with Crippen LogP contribution in [0.2, 0.25) is 0 Å². The Morgan fingerprint density at radius 3 is 2.90 bits per heavy atom. The summed E-state index contributed by atoms with van der Waals surface area (Å²) >= 11 is 0. The van der Waals surface area contributed by atoms with Gasteiger partial charge in [0.05, 0.1) is 5.56 Å². The zero-order valence-corrected chi connectivity index (χ0v) is 11.5. The molecule has 0 bridgehead atoms. The highest BCUT2D eigenvalue weighted by molar-refractivity contribution is 5.94. The summed E-state index contributed by atoms with van der Waals surface area (Å²) in [6.07, 6.45) is 2.68. The van der Waals surface area contributed by atoms with E-state index in [0.717, 1.165) is 18.8 Å². The molecule has 102 valence electrons. The molecule has 1 amide bonds. The van der Waals surface area contributed by atoms with E-state index in [-0.39, 0.29) is 5.91 Å². The minimum Gasteiger partial charge on any atom is -0.352 e. The maximum Gasteiger partial charge on any atom is 0.252 e. The fraction of sp³-hybridized carbons (Fsp3) is 0.250. The van der Waals surface area contributed by atoms with Crippen LogP contribution < -0.4 is 10.2 Å². The van der Waals surface area contributed by atoms with E-state index in [9.17, 15) is 4.79 Å². The summed E-state index contributed by atoms with van der Waals surface area (Å²) in [5.74, 6) is 0.816. The lowest BCUT2D eigenvalue weighted by molar-refractivity contribution is 0.0955. The van der Waals surface area contributed by atoms with Gasteiger partial charge in [0.25, 0.3) is 5.91 Å². The number of para-hydroxylation sites is 1. The van der Waals surface area contributed by atoms with E-state index in [1.54, 1.807) is 6.20 Å². The molecule has 0 saturated heterocycles. The average Bonchev–Trinajstić information content (AvgIpc) is 2.92. The number of aromatic nitrogens is 1. The van der Waals surface area contributed by atoms with Crippen LogP contribution in [0.3, 0.4) is 0 Å². The maximum absolute atomic E-state index is 11.7. The first-order valence-electron chi connectivity index (χ1n) is 6.89. The van der Waals surface area contributed by atoms with Crippen molar-refractivity contribution in [2.45, 2.75) is 13.3 Å². The highest BCUT2D eigenvalue weighted by atomic mass is 16.1. The van der Waals surface area contributed by atoms with E-state index < -0.39 is 0 Å². The number of amides is 1. The molecule has 0 aliphatic carbocycles. The number of rotatable bonds is 3. The number of carbonyl (C=O) groups excluding carboxylic acids is 1. The Labute approximate surface area is 118 Å². The zero-order chi connectivity index (χ0) is 13.9. The molecule has 1 aromatic carbocycles. The van der Waals surface area contributed by atoms with E-state index in [1.165, 1.54) is 11.3 Å². The number of benzene rings is 1. The zero-order valence-electron chi connectivity index (χ0n) is 11.5. The summed E-state index contributed by atoms with van der Waals surface area (Å²) in [6.45, 7) is 3.47. The van der Waals surface area contributed by atoms with Gasteiger partial charge in [0.2, 0.25) is 0 Å². The number of pyridine rings is 1. The lowest BCUT2D eigenvalue weighted by Crippen LogP contribution is -2.23. The quantitative estimate of drug-likeness (QED) is 0.929. The predicted octanol–water partition coefficient (Wildman–Crippen LogP) is 2.53. The van der Waals surface area contributed by atoms with Crippen LogP contribution in [0.4, 0.5) is 11.5 Å². The van der Waals surface area contributed by atoms with Crippen LogP contribution in [0.1, 0.15) is 22.8 Å². The van der Waals surface area contributed by atoms with E-state index in [4.69, 9.17) is 0 Å². The van der Waals surface area contributed by atoms with Crippen LogP contribution in [0, 0.1) is 0 Å². The summed E-state index contributed by atoms with van der Waals surface area (Å²) in [5.41, 5.74) is 3.16. The predicted molar refractivity (Wildman–Crippen MR) is 79.4 cm³/mol. The molecule has 0 fully saturated rings. The third kappa shape index (κ3) is 2.25. The van der Waals surface area contributed by atoms with Crippen LogP contribution in [0.15, 0.2) is 42.6 Å². The van der Waals surface area contributed by atoms with Gasteiger partial charge in [-0.05, 0) is 37.1 Å². The Balaban J connectivity index is 1.84. The Hall–Kier alpha value is -2.36. The first kappa shape index (κ1) is 12.7. The lowest BCUT2D eigenvalue weighted by atomic mass is 10.2. The summed E-state index contributed by atoms with van der Waals surface area (Å²) in [6, 6.07) is 12.1. The van der Waals surface area contributed by atoms with Gasteiger partial charge in [-0.3, -0.25) is 4.79 Å². The topological polar surface area (TPSA) is 45.2 Å². The van der Waals surface area contributed by atoms with Crippen LogP contribution >= 0.6 is 0 Å². The Morgan fingerprint density at radius 1 is 1.30 bits per heavy atom. The van der Waals surface area contributed by atoms with Gasteiger partial charge in [0.1, 0.15) is 5.82 Å². The third-order valence-electron chi connectivity index (χ3n) is 3.51. The molecule has 3 rings (SSSR count). The molecule has 0 atom stereocenters. The third-order valence-corrected chi connectivity index (χ3v) is 3.51. The highest BCUT2D eigenvalue weighted by Gasteiger charge is 2.20. The van der Waals surface area contributed by atoms with E-state index in [2.05, 4.69) is 33.4 Å². The van der Waals surface area contributed by atoms with Gasteiger partial charge in [-0.15, -0.1) is 0 Å². The van der Waals surface area contributed by atoms with Crippen molar-refractivity contribution in [3.63, 3.8) is 0 Å². The van der Waals surface area contributed by atoms with E-state index in [0.29, 0.717) is 12.1 Å². The molecule has 0 unspecified atom stereocenters. The number of hydrogen-bond acceptors (Lipinski definition) is 3. The Kier molecular flexibility index (Phi) is 3.37. The molecule has 1 N–H and O–H groups in total. The minimum atomic E-state index is -0.0756. The molecule has 1 aromatic heterocycles. The number of nitrogens with one attached hydrogen (secondary N) is 1. The van der Waals surface area contributed by atoms with Gasteiger partial charge < -0.3 is 10.2 Å². The van der Waals surface area contributed by atoms with E-state index in [1.807, 2.05) is 25.1 Å². The molecule has 20 heavy (non-hydrogen) atoms. The summed E-state index contributed by atoms with van der Waals surface area (Å²) in [7, 11) is 0. The van der Waals surface area contributed by atoms with Crippen LogP contribution in [-0.2, 0) is 6.42 Å². The molecule has 1 aliphatic heterocycles. The average molecular weight is 267 g/mol. The van der Waals surface area contributed by atoms with Crippen LogP contribution in [0.25, 0.3) is 0 Å².